The van der Waals surface area contributed by atoms with E-state index in [-0.39, 0.29) is 12.5 Å². The van der Waals surface area contributed by atoms with E-state index in [2.05, 4.69) is 15.3 Å². The molecule has 4 rings (SSSR count). The summed E-state index contributed by atoms with van der Waals surface area (Å²) in [5.74, 6) is 1.23. The molecule has 0 unspecified atom stereocenters. The highest BCUT2D eigenvalue weighted by atomic mass is 16.5. The second kappa shape index (κ2) is 9.57. The van der Waals surface area contributed by atoms with Gasteiger partial charge in [-0.15, -0.1) is 0 Å². The fourth-order valence-corrected chi connectivity index (χ4v) is 3.70. The molecular formula is C24H26N4O3. The molecule has 0 aliphatic carbocycles. The summed E-state index contributed by atoms with van der Waals surface area (Å²) in [4.78, 5) is 23.4. The van der Waals surface area contributed by atoms with Gasteiger partial charge in [0.05, 0.1) is 13.7 Å². The first-order chi connectivity index (χ1) is 15.2. The number of aliphatic hydroxyl groups excluding tert-OH is 1. The zero-order chi connectivity index (χ0) is 21.6. The monoisotopic (exact) mass is 418 g/mol. The maximum absolute atomic E-state index is 12.7. The van der Waals surface area contributed by atoms with E-state index in [0.29, 0.717) is 22.8 Å². The normalized spacial score (nSPS) is 13.7. The summed E-state index contributed by atoms with van der Waals surface area (Å²) in [6.45, 7) is 1.40. The number of amides is 1. The van der Waals surface area contributed by atoms with Crippen LogP contribution in [0.3, 0.4) is 0 Å². The average Bonchev–Trinajstić information content (AvgIpc) is 2.85. The molecule has 1 aromatic heterocycles. The SMILES string of the molecule is COc1ccc(-c2cnc(Nc3ccc(C(=O)N4CCCCC4)cc3CO)nc2)cc1. The molecule has 31 heavy (non-hydrogen) atoms. The number of nitrogens with zero attached hydrogens (tertiary/aromatic N) is 3. The number of hydrogen-bond acceptors (Lipinski definition) is 6. The number of benzene rings is 2. The zero-order valence-electron chi connectivity index (χ0n) is 17.5. The van der Waals surface area contributed by atoms with Crippen LogP contribution in [0.15, 0.2) is 54.9 Å². The topological polar surface area (TPSA) is 87.6 Å². The lowest BCUT2D eigenvalue weighted by Crippen LogP contribution is -2.35. The zero-order valence-corrected chi connectivity index (χ0v) is 17.5. The molecule has 2 aromatic carbocycles. The molecule has 1 saturated heterocycles. The van der Waals surface area contributed by atoms with Gasteiger partial charge in [0.1, 0.15) is 5.75 Å². The summed E-state index contributed by atoms with van der Waals surface area (Å²) in [6, 6.07) is 13.0. The van der Waals surface area contributed by atoms with E-state index in [1.165, 1.54) is 6.42 Å². The Morgan fingerprint density at radius 3 is 2.39 bits per heavy atom. The summed E-state index contributed by atoms with van der Waals surface area (Å²) < 4.78 is 5.18. The number of aliphatic hydroxyl groups is 1. The van der Waals surface area contributed by atoms with E-state index >= 15 is 0 Å². The van der Waals surface area contributed by atoms with Crippen LogP contribution in [0.4, 0.5) is 11.6 Å². The van der Waals surface area contributed by atoms with Crippen molar-refractivity contribution in [3.63, 3.8) is 0 Å². The van der Waals surface area contributed by atoms with Crippen LogP contribution in [-0.2, 0) is 6.61 Å². The van der Waals surface area contributed by atoms with Crippen LogP contribution in [0.1, 0.15) is 35.2 Å². The molecule has 1 aliphatic heterocycles. The van der Waals surface area contributed by atoms with E-state index in [4.69, 9.17) is 4.74 Å². The van der Waals surface area contributed by atoms with Crippen LogP contribution in [0.5, 0.6) is 5.75 Å². The van der Waals surface area contributed by atoms with Crippen molar-refractivity contribution in [1.82, 2.24) is 14.9 Å². The molecule has 0 radical (unpaired) electrons. The summed E-state index contributed by atoms with van der Waals surface area (Å²) in [6.07, 6.45) is 6.74. The first-order valence-corrected chi connectivity index (χ1v) is 10.4. The molecule has 0 bridgehead atoms. The molecule has 160 valence electrons. The van der Waals surface area contributed by atoms with Gasteiger partial charge in [-0.3, -0.25) is 4.79 Å². The van der Waals surface area contributed by atoms with Crippen LogP contribution >= 0.6 is 0 Å². The number of aromatic nitrogens is 2. The van der Waals surface area contributed by atoms with E-state index in [9.17, 15) is 9.90 Å². The summed E-state index contributed by atoms with van der Waals surface area (Å²) >= 11 is 0. The first-order valence-electron chi connectivity index (χ1n) is 10.4. The van der Waals surface area contributed by atoms with Crippen molar-refractivity contribution in [2.24, 2.45) is 0 Å². The molecule has 0 spiro atoms. The predicted octanol–water partition coefficient (Wildman–Crippen LogP) is 4.01. The van der Waals surface area contributed by atoms with Gasteiger partial charge in [-0.25, -0.2) is 9.97 Å². The van der Waals surface area contributed by atoms with Gasteiger partial charge < -0.3 is 20.1 Å². The Hall–Kier alpha value is -3.45. The fourth-order valence-electron chi connectivity index (χ4n) is 3.70. The third-order valence-corrected chi connectivity index (χ3v) is 5.49. The van der Waals surface area contributed by atoms with Crippen molar-refractivity contribution in [2.45, 2.75) is 25.9 Å². The van der Waals surface area contributed by atoms with Crippen molar-refractivity contribution >= 4 is 17.5 Å². The Kier molecular flexibility index (Phi) is 6.43. The number of anilines is 2. The van der Waals surface area contributed by atoms with Crippen LogP contribution < -0.4 is 10.1 Å². The molecule has 7 nitrogen and oxygen atoms in total. The van der Waals surface area contributed by atoms with Crippen LogP contribution in [-0.4, -0.2) is 46.1 Å². The van der Waals surface area contributed by atoms with Crippen molar-refractivity contribution in [2.75, 3.05) is 25.5 Å². The van der Waals surface area contributed by atoms with Gasteiger partial charge >= 0.3 is 0 Å². The highest BCUT2D eigenvalue weighted by molar-refractivity contribution is 5.95. The van der Waals surface area contributed by atoms with Gasteiger partial charge in [-0.2, -0.15) is 0 Å². The molecule has 7 heteroatoms. The molecule has 1 aliphatic rings. The number of carbonyl (C=O) groups is 1. The molecule has 1 amide bonds. The molecule has 2 N–H and O–H groups in total. The second-order valence-electron chi connectivity index (χ2n) is 7.53. The van der Waals surface area contributed by atoms with Crippen molar-refractivity contribution in [1.29, 1.82) is 0 Å². The Bertz CT molecular complexity index is 1030. The Morgan fingerprint density at radius 1 is 1.03 bits per heavy atom. The Balaban J connectivity index is 1.48. The number of methoxy groups -OCH3 is 1. The number of piperidine rings is 1. The molecule has 0 saturated carbocycles. The Morgan fingerprint density at radius 2 is 1.74 bits per heavy atom. The van der Waals surface area contributed by atoms with E-state index < -0.39 is 0 Å². The van der Waals surface area contributed by atoms with E-state index in [1.807, 2.05) is 29.2 Å². The predicted molar refractivity (Wildman–Crippen MR) is 119 cm³/mol. The minimum Gasteiger partial charge on any atom is -0.497 e. The van der Waals surface area contributed by atoms with Crippen LogP contribution in [0, 0.1) is 0 Å². The lowest BCUT2D eigenvalue weighted by Gasteiger charge is -2.27. The largest absolute Gasteiger partial charge is 0.497 e. The lowest BCUT2D eigenvalue weighted by atomic mass is 10.1. The molecular weight excluding hydrogens is 392 g/mol. The minimum absolute atomic E-state index is 0.0149. The lowest BCUT2D eigenvalue weighted by molar-refractivity contribution is 0.0724. The highest BCUT2D eigenvalue weighted by Gasteiger charge is 2.19. The van der Waals surface area contributed by atoms with Crippen molar-refractivity contribution in [3.05, 3.63) is 66.0 Å². The smallest absolute Gasteiger partial charge is 0.253 e. The van der Waals surface area contributed by atoms with Gasteiger partial charge in [0, 0.05) is 47.9 Å². The number of rotatable bonds is 6. The number of ether oxygens (including phenoxy) is 1. The third kappa shape index (κ3) is 4.83. The fraction of sp³-hybridized carbons (Fsp3) is 0.292. The van der Waals surface area contributed by atoms with Crippen LogP contribution in [0.25, 0.3) is 11.1 Å². The molecule has 0 atom stereocenters. The second-order valence-corrected chi connectivity index (χ2v) is 7.53. The van der Waals surface area contributed by atoms with Gasteiger partial charge in [0.25, 0.3) is 5.91 Å². The number of carbonyl (C=O) groups excluding carboxylic acids is 1. The number of nitrogens with one attached hydrogen (secondary N) is 1. The average molecular weight is 418 g/mol. The Labute approximate surface area is 181 Å². The van der Waals surface area contributed by atoms with Gasteiger partial charge in [-0.05, 0) is 55.2 Å². The van der Waals surface area contributed by atoms with Crippen molar-refractivity contribution < 1.29 is 14.6 Å². The van der Waals surface area contributed by atoms with E-state index in [0.717, 1.165) is 42.8 Å². The van der Waals surface area contributed by atoms with Gasteiger partial charge in [0.15, 0.2) is 0 Å². The minimum atomic E-state index is -0.187. The first kappa shape index (κ1) is 20.8. The standard InChI is InChI=1S/C24H26N4O3/c1-31-21-8-5-17(6-9-21)20-14-25-24(26-15-20)27-22-10-7-18(13-19(22)16-29)23(30)28-11-3-2-4-12-28/h5-10,13-15,29H,2-4,11-12,16H2,1H3,(H,25,26,27). The maximum Gasteiger partial charge on any atom is 0.253 e. The number of hydrogen-bond donors (Lipinski definition) is 2. The summed E-state index contributed by atoms with van der Waals surface area (Å²) in [7, 11) is 1.63. The summed E-state index contributed by atoms with van der Waals surface area (Å²) in [5, 5.41) is 13.0. The van der Waals surface area contributed by atoms with Gasteiger partial charge in [0.2, 0.25) is 5.95 Å². The number of likely N-dealkylation sites (tertiary alicyclic amines) is 1. The molecule has 2 heterocycles. The molecule has 1 fully saturated rings. The van der Waals surface area contributed by atoms with Gasteiger partial charge in [-0.1, -0.05) is 12.1 Å². The molecule has 3 aromatic rings. The van der Waals surface area contributed by atoms with Crippen LogP contribution in [0.2, 0.25) is 0 Å². The summed E-state index contributed by atoms with van der Waals surface area (Å²) in [5.41, 5.74) is 3.77. The maximum atomic E-state index is 12.7. The quantitative estimate of drug-likeness (QED) is 0.629. The van der Waals surface area contributed by atoms with E-state index in [1.54, 1.807) is 37.7 Å². The highest BCUT2D eigenvalue weighted by Crippen LogP contribution is 2.25. The third-order valence-electron chi connectivity index (χ3n) is 5.49. The van der Waals surface area contributed by atoms with Crippen molar-refractivity contribution in [3.8, 4) is 16.9 Å².